The Bertz CT molecular complexity index is 1980. The molecule has 5 aromatic rings. The minimum Gasteiger partial charge on any atom is -0.274 e. The molecule has 1 saturated heterocycles. The summed E-state index contributed by atoms with van der Waals surface area (Å²) in [5.41, 5.74) is 7.06. The van der Waals surface area contributed by atoms with Gasteiger partial charge in [0.2, 0.25) is 17.7 Å². The monoisotopic (exact) mass is 639 g/mol. The Kier molecular flexibility index (Phi) is 6.13. The smallest absolute Gasteiger partial charge is 0.244 e. The molecule has 0 aromatic heterocycles. The maximum absolute atomic E-state index is 14.5. The van der Waals surface area contributed by atoms with Gasteiger partial charge in [0.25, 0.3) is 0 Å². The van der Waals surface area contributed by atoms with Crippen LogP contribution in [-0.4, -0.2) is 23.9 Å². The minimum absolute atomic E-state index is 0.155. The quantitative estimate of drug-likeness (QED) is 0.135. The van der Waals surface area contributed by atoms with Crippen LogP contribution in [0.5, 0.6) is 0 Å². The lowest BCUT2D eigenvalue weighted by atomic mass is 9.47. The Morgan fingerprint density at radius 1 is 0.795 bits per heavy atom. The van der Waals surface area contributed by atoms with E-state index >= 15 is 0 Å². The van der Waals surface area contributed by atoms with Crippen molar-refractivity contribution < 1.29 is 14.4 Å². The van der Waals surface area contributed by atoms with Gasteiger partial charge in [-0.3, -0.25) is 14.4 Å². The number of amides is 3. The molecule has 1 N–H and O–H groups in total. The number of carbonyl (C=O) groups is 3. The van der Waals surface area contributed by atoms with Crippen molar-refractivity contribution in [3.05, 3.63) is 148 Å². The summed E-state index contributed by atoms with van der Waals surface area (Å²) in [4.78, 5) is 43.3. The van der Waals surface area contributed by atoms with Crippen LogP contribution in [0.3, 0.4) is 0 Å². The molecule has 0 spiro atoms. The van der Waals surface area contributed by atoms with Crippen LogP contribution >= 0.6 is 15.9 Å². The molecular weight excluding hydrogens is 614 g/mol. The number of rotatable bonds is 5. The van der Waals surface area contributed by atoms with Crippen LogP contribution in [0.2, 0.25) is 0 Å². The van der Waals surface area contributed by atoms with E-state index in [1.54, 1.807) is 18.3 Å². The van der Waals surface area contributed by atoms with Gasteiger partial charge in [0.05, 0.1) is 29.4 Å². The summed E-state index contributed by atoms with van der Waals surface area (Å²) < 4.78 is 0.862. The third-order valence-electron chi connectivity index (χ3n) is 9.46. The molecule has 1 heterocycles. The van der Waals surface area contributed by atoms with E-state index in [4.69, 9.17) is 0 Å². The number of halogens is 1. The molecule has 0 radical (unpaired) electrons. The summed E-state index contributed by atoms with van der Waals surface area (Å²) in [6.07, 6.45) is 1.86. The SMILES string of the molecule is O=C(Cc1cccc2ccccc12)N/N=C\C12c3ccccc3C(c3ccccc31)[C@H]1C(=O)N(c3ccc(Br)cc3)C(=O)[C@H]12. The van der Waals surface area contributed by atoms with Gasteiger partial charge in [-0.15, -0.1) is 0 Å². The molecule has 1 aliphatic heterocycles. The number of anilines is 1. The van der Waals surface area contributed by atoms with Crippen molar-refractivity contribution in [1.29, 1.82) is 0 Å². The van der Waals surface area contributed by atoms with Gasteiger partial charge in [0.15, 0.2) is 0 Å². The maximum atomic E-state index is 14.5. The van der Waals surface area contributed by atoms with Crippen LogP contribution in [0.1, 0.15) is 33.7 Å². The second-order valence-electron chi connectivity index (χ2n) is 11.6. The standard InChI is InChI=1S/C37H26BrN3O3/c38-24-16-18-25(19-17-24)41-35(43)33-32-27-12-3-5-14-29(27)37(34(33)36(41)44,30-15-6-4-13-28(30)32)21-39-40-31(42)20-23-10-7-9-22-8-1-2-11-26(22)23/h1-19,21,32-34H,20H2,(H,40,42)/b39-21-/t32?,33-,34+,37?/m1/s1. The molecule has 7 heteroatoms. The van der Waals surface area contributed by atoms with Crippen LogP contribution in [0.25, 0.3) is 10.8 Å². The average Bonchev–Trinajstić information content (AvgIpc) is 3.32. The fourth-order valence-corrected chi connectivity index (χ4v) is 8.02. The number of hydrazone groups is 1. The van der Waals surface area contributed by atoms with Gasteiger partial charge in [0.1, 0.15) is 0 Å². The van der Waals surface area contributed by atoms with Crippen molar-refractivity contribution in [3.63, 3.8) is 0 Å². The Labute approximate surface area is 262 Å². The second-order valence-corrected chi connectivity index (χ2v) is 12.5. The van der Waals surface area contributed by atoms with E-state index in [0.717, 1.165) is 43.1 Å². The molecule has 4 aliphatic rings. The number of hydrogen-bond acceptors (Lipinski definition) is 4. The highest BCUT2D eigenvalue weighted by molar-refractivity contribution is 9.10. The number of fused-ring (bicyclic) bond motifs is 1. The first kappa shape index (κ1) is 26.7. The van der Waals surface area contributed by atoms with E-state index in [2.05, 4.69) is 26.5 Å². The van der Waals surface area contributed by atoms with Crippen molar-refractivity contribution >= 4 is 56.3 Å². The lowest BCUT2D eigenvalue weighted by Gasteiger charge is -2.52. The van der Waals surface area contributed by atoms with Gasteiger partial charge in [-0.05, 0) is 62.9 Å². The molecule has 2 bridgehead atoms. The first-order valence-corrected chi connectivity index (χ1v) is 15.4. The summed E-state index contributed by atoms with van der Waals surface area (Å²) in [5.74, 6) is -2.32. The summed E-state index contributed by atoms with van der Waals surface area (Å²) in [5, 5.41) is 6.64. The van der Waals surface area contributed by atoms with Crippen LogP contribution in [0.15, 0.2) is 125 Å². The van der Waals surface area contributed by atoms with Crippen molar-refractivity contribution in [2.75, 3.05) is 4.90 Å². The van der Waals surface area contributed by atoms with E-state index in [-0.39, 0.29) is 30.1 Å². The molecular formula is C37H26BrN3O3. The largest absolute Gasteiger partial charge is 0.274 e. The van der Waals surface area contributed by atoms with Gasteiger partial charge in [-0.2, -0.15) is 5.10 Å². The molecule has 0 unspecified atom stereocenters. The Morgan fingerprint density at radius 3 is 2.16 bits per heavy atom. The predicted octanol–water partition coefficient (Wildman–Crippen LogP) is 6.50. The molecule has 5 aromatic carbocycles. The van der Waals surface area contributed by atoms with Crippen LogP contribution in [-0.2, 0) is 26.2 Å². The fourth-order valence-electron chi connectivity index (χ4n) is 7.76. The van der Waals surface area contributed by atoms with Crippen molar-refractivity contribution in [2.24, 2.45) is 16.9 Å². The highest BCUT2D eigenvalue weighted by Gasteiger charge is 2.68. The predicted molar refractivity (Wildman–Crippen MR) is 173 cm³/mol. The molecule has 9 rings (SSSR count). The highest BCUT2D eigenvalue weighted by atomic mass is 79.9. The lowest BCUT2D eigenvalue weighted by Crippen LogP contribution is -2.54. The third-order valence-corrected chi connectivity index (χ3v) is 9.99. The normalized spacial score (nSPS) is 23.1. The van der Waals surface area contributed by atoms with E-state index in [1.807, 2.05) is 103 Å². The van der Waals surface area contributed by atoms with E-state index in [9.17, 15) is 14.4 Å². The molecule has 3 aliphatic carbocycles. The molecule has 3 amide bonds. The average molecular weight is 641 g/mol. The molecule has 6 nitrogen and oxygen atoms in total. The Balaban J connectivity index is 1.22. The molecule has 214 valence electrons. The highest BCUT2D eigenvalue weighted by Crippen LogP contribution is 2.63. The molecule has 2 atom stereocenters. The molecule has 0 saturated carbocycles. The van der Waals surface area contributed by atoms with Crippen molar-refractivity contribution in [2.45, 2.75) is 17.8 Å². The number of nitrogens with one attached hydrogen (secondary N) is 1. The number of benzene rings is 5. The van der Waals surface area contributed by atoms with E-state index < -0.39 is 17.3 Å². The number of nitrogens with zero attached hydrogens (tertiary/aromatic N) is 2. The van der Waals surface area contributed by atoms with E-state index in [1.165, 1.54) is 4.90 Å². The first-order valence-electron chi connectivity index (χ1n) is 14.6. The Morgan fingerprint density at radius 2 is 1.43 bits per heavy atom. The summed E-state index contributed by atoms with van der Waals surface area (Å²) in [6.45, 7) is 0. The zero-order valence-electron chi connectivity index (χ0n) is 23.5. The number of imide groups is 1. The second kappa shape index (κ2) is 10.1. The first-order chi connectivity index (χ1) is 21.5. The van der Waals surface area contributed by atoms with Gasteiger partial charge in [0, 0.05) is 16.6 Å². The summed E-state index contributed by atoms with van der Waals surface area (Å²) >= 11 is 3.45. The minimum atomic E-state index is -1.05. The van der Waals surface area contributed by atoms with Crippen molar-refractivity contribution in [3.8, 4) is 0 Å². The van der Waals surface area contributed by atoms with Crippen LogP contribution in [0.4, 0.5) is 5.69 Å². The van der Waals surface area contributed by atoms with Gasteiger partial charge < -0.3 is 0 Å². The zero-order valence-corrected chi connectivity index (χ0v) is 25.1. The van der Waals surface area contributed by atoms with Gasteiger partial charge in [-0.1, -0.05) is 107 Å². The maximum Gasteiger partial charge on any atom is 0.244 e. The molecule has 44 heavy (non-hydrogen) atoms. The zero-order chi connectivity index (χ0) is 30.0. The number of hydrogen-bond donors (Lipinski definition) is 1. The van der Waals surface area contributed by atoms with E-state index in [0.29, 0.717) is 5.69 Å². The van der Waals surface area contributed by atoms with Crippen molar-refractivity contribution in [1.82, 2.24) is 5.43 Å². The summed E-state index contributed by atoms with van der Waals surface area (Å²) in [6, 6.07) is 37.1. The summed E-state index contributed by atoms with van der Waals surface area (Å²) in [7, 11) is 0. The fraction of sp³-hybridized carbons (Fsp3) is 0.135. The molecule has 1 fully saturated rings. The lowest BCUT2D eigenvalue weighted by molar-refractivity contribution is -0.123. The topological polar surface area (TPSA) is 78.8 Å². The third kappa shape index (κ3) is 3.78. The van der Waals surface area contributed by atoms with Gasteiger partial charge >= 0.3 is 0 Å². The number of carbonyl (C=O) groups excluding carboxylic acids is 3. The van der Waals surface area contributed by atoms with Crippen LogP contribution in [0, 0.1) is 11.8 Å². The van der Waals surface area contributed by atoms with Crippen LogP contribution < -0.4 is 10.3 Å². The van der Waals surface area contributed by atoms with Gasteiger partial charge in [-0.25, -0.2) is 10.3 Å². The Hall–Kier alpha value is -4.88.